The second kappa shape index (κ2) is 9.97. The third kappa shape index (κ3) is 5.12. The van der Waals surface area contributed by atoms with Crippen molar-refractivity contribution >= 4 is 23.2 Å². The number of rotatable bonds is 2. The van der Waals surface area contributed by atoms with E-state index in [4.69, 9.17) is 9.90 Å². The molecule has 1 spiro atoms. The lowest BCUT2D eigenvalue weighted by molar-refractivity contribution is -0.192. The van der Waals surface area contributed by atoms with Crippen LogP contribution in [-0.4, -0.2) is 74.4 Å². The average Bonchev–Trinajstić information content (AvgIpc) is 3.49. The Morgan fingerprint density at radius 3 is 2.33 bits per heavy atom. The maximum atomic E-state index is 14.1. The normalized spacial score (nSPS) is 17.3. The Morgan fingerprint density at radius 1 is 1.08 bits per heavy atom. The molecule has 4 heterocycles. The molecule has 0 bridgehead atoms. The van der Waals surface area contributed by atoms with Crippen LogP contribution in [0.5, 0.6) is 0 Å². The lowest BCUT2D eigenvalue weighted by Crippen LogP contribution is -2.56. The summed E-state index contributed by atoms with van der Waals surface area (Å²) in [7, 11) is 2.10. The molecule has 1 aromatic carbocycles. The molecule has 13 heteroatoms. The molecule has 0 saturated carbocycles. The summed E-state index contributed by atoms with van der Waals surface area (Å²) in [5, 5.41) is 18.2. The summed E-state index contributed by atoms with van der Waals surface area (Å²) in [6.45, 7) is 2.82. The first-order valence-electron chi connectivity index (χ1n) is 11.0. The van der Waals surface area contributed by atoms with Crippen molar-refractivity contribution in [3.05, 3.63) is 59.0 Å². The zero-order chi connectivity index (χ0) is 26.1. The minimum Gasteiger partial charge on any atom is -0.475 e. The molecule has 0 aliphatic carbocycles. The molecule has 5 rings (SSSR count). The average molecular weight is 526 g/mol. The third-order valence-corrected chi connectivity index (χ3v) is 7.12. The first-order chi connectivity index (χ1) is 17.0. The highest BCUT2D eigenvalue weighted by atomic mass is 32.1. The van der Waals surface area contributed by atoms with Gasteiger partial charge in [0.25, 0.3) is 5.91 Å². The summed E-state index contributed by atoms with van der Waals surface area (Å²) in [5.41, 5.74) is -0.00885. The van der Waals surface area contributed by atoms with Gasteiger partial charge in [0, 0.05) is 19.6 Å². The van der Waals surface area contributed by atoms with Crippen molar-refractivity contribution in [3.63, 3.8) is 0 Å². The molecule has 2 aromatic heterocycles. The number of amides is 1. The van der Waals surface area contributed by atoms with Crippen molar-refractivity contribution in [3.8, 4) is 10.7 Å². The second-order valence-electron chi connectivity index (χ2n) is 8.72. The minimum absolute atomic E-state index is 0.147. The van der Waals surface area contributed by atoms with Crippen LogP contribution in [0.4, 0.5) is 17.6 Å². The van der Waals surface area contributed by atoms with Gasteiger partial charge in [-0.2, -0.15) is 13.2 Å². The molecule has 1 fully saturated rings. The fraction of sp³-hybridized carbons (Fsp3) is 0.391. The number of piperidine rings is 1. The van der Waals surface area contributed by atoms with Crippen molar-refractivity contribution in [2.75, 3.05) is 26.7 Å². The minimum atomic E-state index is -5.08. The quantitative estimate of drug-likeness (QED) is 0.511. The zero-order valence-corrected chi connectivity index (χ0v) is 20.0. The smallest absolute Gasteiger partial charge is 0.475 e. The van der Waals surface area contributed by atoms with Gasteiger partial charge in [0.1, 0.15) is 11.6 Å². The predicted molar refractivity (Wildman–Crippen MR) is 123 cm³/mol. The van der Waals surface area contributed by atoms with Crippen LogP contribution in [-0.2, 0) is 16.9 Å². The Balaban J connectivity index is 0.000000384. The van der Waals surface area contributed by atoms with Crippen LogP contribution >= 0.6 is 11.3 Å². The van der Waals surface area contributed by atoms with Gasteiger partial charge in [-0.15, -0.1) is 21.5 Å². The molecule has 3 aromatic rings. The fourth-order valence-corrected chi connectivity index (χ4v) is 5.36. The van der Waals surface area contributed by atoms with Gasteiger partial charge in [-0.1, -0.05) is 18.2 Å². The maximum absolute atomic E-state index is 14.1. The molecular formula is C23H23F4N5O3S. The van der Waals surface area contributed by atoms with Gasteiger partial charge in [-0.05, 0) is 43.5 Å². The topological polar surface area (TPSA) is 91.6 Å². The number of hydrogen-bond acceptors (Lipinski definition) is 6. The van der Waals surface area contributed by atoms with E-state index < -0.39 is 18.0 Å². The van der Waals surface area contributed by atoms with Crippen molar-refractivity contribution in [2.45, 2.75) is 31.1 Å². The number of nitrogens with zero attached hydrogens (tertiary/aromatic N) is 5. The first kappa shape index (κ1) is 25.8. The summed E-state index contributed by atoms with van der Waals surface area (Å²) in [6, 6.07) is 10.3. The molecule has 0 atom stereocenters. The van der Waals surface area contributed by atoms with Crippen LogP contribution < -0.4 is 0 Å². The molecule has 1 saturated heterocycles. The van der Waals surface area contributed by atoms with Gasteiger partial charge in [0.2, 0.25) is 0 Å². The summed E-state index contributed by atoms with van der Waals surface area (Å²) in [6.07, 6.45) is -3.50. The Hall–Kier alpha value is -3.32. The first-order valence-corrected chi connectivity index (χ1v) is 11.9. The lowest BCUT2D eigenvalue weighted by atomic mass is 9.84. The van der Waals surface area contributed by atoms with Crippen molar-refractivity contribution in [2.24, 2.45) is 0 Å². The standard InChI is InChI=1S/C21H22FN5OS.C2HF3O2/c1-25-13-18-23-24-19(17-7-4-12-29-17)27(18)21(14-25)8-10-26(11-9-21)20(28)15-5-2-3-6-16(15)22;3-2(4,5)1(6)7/h2-7,12H,8-11,13-14H2,1H3;(H,6,7). The Kier molecular flexibility index (Phi) is 7.14. The van der Waals surface area contributed by atoms with Gasteiger partial charge >= 0.3 is 12.1 Å². The Morgan fingerprint density at radius 2 is 1.75 bits per heavy atom. The summed E-state index contributed by atoms with van der Waals surface area (Å²) < 4.78 is 48.1. The molecule has 2 aliphatic heterocycles. The van der Waals surface area contributed by atoms with E-state index in [2.05, 4.69) is 32.8 Å². The lowest BCUT2D eigenvalue weighted by Gasteiger charge is -2.48. The van der Waals surface area contributed by atoms with Crippen LogP contribution in [0.2, 0.25) is 0 Å². The summed E-state index contributed by atoms with van der Waals surface area (Å²) in [4.78, 5) is 26.9. The van der Waals surface area contributed by atoms with Gasteiger partial charge in [0.05, 0.1) is 22.5 Å². The maximum Gasteiger partial charge on any atom is 0.490 e. The highest BCUT2D eigenvalue weighted by Gasteiger charge is 2.44. The fourth-order valence-electron chi connectivity index (χ4n) is 4.67. The van der Waals surface area contributed by atoms with Crippen LogP contribution in [0.3, 0.4) is 0 Å². The molecule has 1 amide bonds. The molecule has 1 N–H and O–H groups in total. The van der Waals surface area contributed by atoms with E-state index in [1.807, 2.05) is 11.4 Å². The monoisotopic (exact) mass is 525 g/mol. The molecule has 2 aliphatic rings. The van der Waals surface area contributed by atoms with E-state index in [0.717, 1.165) is 42.5 Å². The molecule has 0 unspecified atom stereocenters. The third-order valence-electron chi connectivity index (χ3n) is 6.25. The van der Waals surface area contributed by atoms with Crippen LogP contribution in [0.25, 0.3) is 10.7 Å². The van der Waals surface area contributed by atoms with Crippen molar-refractivity contribution in [1.29, 1.82) is 0 Å². The number of benzene rings is 1. The number of fused-ring (bicyclic) bond motifs is 2. The second-order valence-corrected chi connectivity index (χ2v) is 9.67. The van der Waals surface area contributed by atoms with Crippen molar-refractivity contribution < 1.29 is 32.3 Å². The van der Waals surface area contributed by atoms with Crippen LogP contribution in [0.1, 0.15) is 29.0 Å². The van der Waals surface area contributed by atoms with Crippen molar-refractivity contribution in [1.82, 2.24) is 24.6 Å². The van der Waals surface area contributed by atoms with E-state index in [1.165, 1.54) is 6.07 Å². The van der Waals surface area contributed by atoms with Crippen LogP contribution in [0, 0.1) is 5.82 Å². The predicted octanol–water partition coefficient (Wildman–Crippen LogP) is 3.86. The number of alkyl halides is 3. The van der Waals surface area contributed by atoms with E-state index in [9.17, 15) is 22.4 Å². The number of aromatic nitrogens is 3. The molecule has 0 radical (unpaired) electrons. The number of carboxylic acid groups (broad SMARTS) is 1. The number of thiophene rings is 1. The Bertz CT molecular complexity index is 1240. The van der Waals surface area contributed by atoms with Gasteiger partial charge < -0.3 is 14.6 Å². The summed E-state index contributed by atoms with van der Waals surface area (Å²) >= 11 is 1.66. The largest absolute Gasteiger partial charge is 0.490 e. The number of likely N-dealkylation sites (tertiary alicyclic amines) is 1. The molecule has 36 heavy (non-hydrogen) atoms. The molecule has 192 valence electrons. The van der Waals surface area contributed by atoms with Gasteiger partial charge in [0.15, 0.2) is 5.82 Å². The van der Waals surface area contributed by atoms with Crippen LogP contribution in [0.15, 0.2) is 41.8 Å². The molecular weight excluding hydrogens is 502 g/mol. The number of hydrogen-bond donors (Lipinski definition) is 1. The van der Waals surface area contributed by atoms with E-state index in [0.29, 0.717) is 13.1 Å². The Labute approximate surface area is 207 Å². The SMILES string of the molecule is CN1Cc2nnc(-c3cccs3)n2C2(CCN(C(=O)c3ccccc3F)CC2)C1.O=C(O)C(F)(F)F. The van der Waals surface area contributed by atoms with E-state index in [1.54, 1.807) is 34.4 Å². The zero-order valence-electron chi connectivity index (χ0n) is 19.2. The van der Waals surface area contributed by atoms with E-state index in [-0.39, 0.29) is 17.0 Å². The van der Waals surface area contributed by atoms with Gasteiger partial charge in [-0.3, -0.25) is 9.69 Å². The van der Waals surface area contributed by atoms with Gasteiger partial charge in [-0.25, -0.2) is 9.18 Å². The number of carbonyl (C=O) groups excluding carboxylic acids is 1. The molecule has 8 nitrogen and oxygen atoms in total. The van der Waals surface area contributed by atoms with E-state index >= 15 is 0 Å². The summed E-state index contributed by atoms with van der Waals surface area (Å²) in [5.74, 6) is -1.57. The number of carboxylic acids is 1. The number of aliphatic carboxylic acids is 1. The number of halogens is 4. The highest BCUT2D eigenvalue weighted by molar-refractivity contribution is 7.13. The highest BCUT2D eigenvalue weighted by Crippen LogP contribution is 2.40. The number of likely N-dealkylation sites (N-methyl/N-ethyl adjacent to an activating group) is 1. The number of carbonyl (C=O) groups is 2.